The van der Waals surface area contributed by atoms with Gasteiger partial charge in [0, 0.05) is 48.6 Å². The predicted molar refractivity (Wildman–Crippen MR) is 339 cm³/mol. The second-order valence-electron chi connectivity index (χ2n) is 22.8. The number of nitrogens with zero attached hydrogens (tertiary/aromatic N) is 2. The molecule has 2 amide bonds. The third-order valence-corrected chi connectivity index (χ3v) is 20.7. The minimum absolute atomic E-state index is 0.0507. The number of thiophene rings is 4. The average molecular weight is 1110 g/mol. The summed E-state index contributed by atoms with van der Waals surface area (Å²) in [5, 5.41) is 2.14. The molecule has 76 heavy (non-hydrogen) atoms. The van der Waals surface area contributed by atoms with Gasteiger partial charge >= 0.3 is 0 Å². The van der Waals surface area contributed by atoms with Gasteiger partial charge in [-0.3, -0.25) is 9.59 Å². The SMILES string of the molecule is CCCCCCCCCCC(CCCCCCCCCC)CN1C=C2C(=O)N(CC(CCCCCCCCCC)CCCCCCCCCC)C(c3ccc(-c4ccc(/C=C/c5ccc(-c6cccs6)s5)s4)s3)=C2C1=O. The van der Waals surface area contributed by atoms with E-state index < -0.39 is 0 Å². The fourth-order valence-corrected chi connectivity index (χ4v) is 15.5. The van der Waals surface area contributed by atoms with Gasteiger partial charge in [0.2, 0.25) is 0 Å². The Hall–Kier alpha value is -3.04. The lowest BCUT2D eigenvalue weighted by Gasteiger charge is -2.28. The van der Waals surface area contributed by atoms with Gasteiger partial charge in [-0.1, -0.05) is 239 Å². The first kappa shape index (κ1) is 62.2. The predicted octanol–water partition coefficient (Wildman–Crippen LogP) is 23.1. The molecule has 6 heterocycles. The molecule has 4 aromatic heterocycles. The third-order valence-electron chi connectivity index (χ3n) is 16.3. The molecule has 0 N–H and O–H groups in total. The highest BCUT2D eigenvalue weighted by Crippen LogP contribution is 2.46. The van der Waals surface area contributed by atoms with E-state index in [2.05, 4.69) is 98.7 Å². The maximum Gasteiger partial charge on any atom is 0.260 e. The Morgan fingerprint density at radius 2 is 0.789 bits per heavy atom. The van der Waals surface area contributed by atoms with E-state index in [9.17, 15) is 0 Å². The second kappa shape index (κ2) is 37.0. The number of hydrogen-bond donors (Lipinski definition) is 0. The van der Waals surface area contributed by atoms with Gasteiger partial charge in [0.25, 0.3) is 11.8 Å². The van der Waals surface area contributed by atoms with Crippen LogP contribution in [0.4, 0.5) is 0 Å². The topological polar surface area (TPSA) is 40.6 Å². The molecular formula is C68H102N2O2S4. The molecule has 4 aromatic rings. The lowest BCUT2D eigenvalue weighted by molar-refractivity contribution is -0.124. The Bertz CT molecular complexity index is 2250. The maximum absolute atomic E-state index is 15.1. The van der Waals surface area contributed by atoms with E-state index in [0.717, 1.165) is 30.0 Å². The van der Waals surface area contributed by atoms with Crippen LogP contribution in [0, 0.1) is 11.8 Å². The molecule has 0 spiro atoms. The molecule has 0 atom stereocenters. The number of rotatable bonds is 45. The smallest absolute Gasteiger partial charge is 0.260 e. The Labute approximate surface area is 480 Å². The van der Waals surface area contributed by atoms with Crippen molar-refractivity contribution in [2.45, 2.75) is 259 Å². The Kier molecular flexibility index (Phi) is 30.3. The van der Waals surface area contributed by atoms with Gasteiger partial charge in [-0.05, 0) is 97.5 Å². The molecule has 2 aliphatic rings. The Balaban J connectivity index is 1.21. The van der Waals surface area contributed by atoms with Crippen LogP contribution in [-0.4, -0.2) is 34.7 Å². The largest absolute Gasteiger partial charge is 0.314 e. The fourth-order valence-electron chi connectivity index (χ4n) is 11.7. The van der Waals surface area contributed by atoms with E-state index in [1.54, 1.807) is 22.7 Å². The van der Waals surface area contributed by atoms with Crippen molar-refractivity contribution in [3.05, 3.63) is 85.9 Å². The van der Waals surface area contributed by atoms with Crippen molar-refractivity contribution >= 4 is 75.0 Å². The highest BCUT2D eigenvalue weighted by Gasteiger charge is 2.46. The van der Waals surface area contributed by atoms with Gasteiger partial charge in [0.05, 0.1) is 21.7 Å². The molecule has 0 bridgehead atoms. The van der Waals surface area contributed by atoms with Gasteiger partial charge < -0.3 is 9.80 Å². The summed E-state index contributed by atoms with van der Waals surface area (Å²) < 4.78 is 0. The standard InChI is InChI=1S/C68H102N2O2S4/c1-5-9-13-17-21-25-29-33-38-55(39-34-30-26-22-18-14-10-6-2)52-69-54-59-65(68(69)72)66(64-50-49-63(76-64)62-48-46-58(75-62)44-43-57-45-47-61(74-57)60-42-37-51-73-60)70(67(59)71)53-56(40-35-31-27-23-19-15-11-7-3)41-36-32-28-24-20-16-12-8-4/h37,42-51,54-56H,5-36,38-41,52-53H2,1-4H3/b44-43+. The molecule has 420 valence electrons. The molecule has 0 aliphatic carbocycles. The van der Waals surface area contributed by atoms with E-state index in [4.69, 9.17) is 0 Å². The summed E-state index contributed by atoms with van der Waals surface area (Å²) in [6.07, 6.45) is 53.2. The van der Waals surface area contributed by atoms with Crippen LogP contribution in [0.5, 0.6) is 0 Å². The molecule has 0 saturated heterocycles. The quantitative estimate of drug-likeness (QED) is 0.0414. The molecule has 4 nitrogen and oxygen atoms in total. The average Bonchev–Trinajstić information content (AvgIpc) is 4.40. The second-order valence-corrected chi connectivity index (χ2v) is 27.1. The number of carbonyl (C=O) groups excluding carboxylic acids is 2. The van der Waals surface area contributed by atoms with E-state index in [1.807, 2.05) is 33.8 Å². The normalized spacial score (nSPS) is 13.9. The van der Waals surface area contributed by atoms with E-state index in [-0.39, 0.29) is 11.8 Å². The summed E-state index contributed by atoms with van der Waals surface area (Å²) in [5.74, 6) is 0.976. The maximum atomic E-state index is 15.1. The number of unbranched alkanes of at least 4 members (excludes halogenated alkanes) is 28. The van der Waals surface area contributed by atoms with Crippen molar-refractivity contribution in [2.75, 3.05) is 13.1 Å². The summed E-state index contributed by atoms with van der Waals surface area (Å²) in [4.78, 5) is 42.9. The van der Waals surface area contributed by atoms with Crippen molar-refractivity contribution in [3.63, 3.8) is 0 Å². The van der Waals surface area contributed by atoms with Gasteiger partial charge in [-0.25, -0.2) is 0 Å². The van der Waals surface area contributed by atoms with Gasteiger partial charge in [-0.15, -0.1) is 45.3 Å². The van der Waals surface area contributed by atoms with Crippen molar-refractivity contribution in [1.82, 2.24) is 9.80 Å². The van der Waals surface area contributed by atoms with Crippen LogP contribution in [0.3, 0.4) is 0 Å². The number of hydrogen-bond acceptors (Lipinski definition) is 6. The van der Waals surface area contributed by atoms with Gasteiger partial charge in [-0.2, -0.15) is 0 Å². The van der Waals surface area contributed by atoms with Crippen LogP contribution >= 0.6 is 45.3 Å². The zero-order valence-corrected chi connectivity index (χ0v) is 51.6. The summed E-state index contributed by atoms with van der Waals surface area (Å²) in [7, 11) is 0. The molecule has 0 aromatic carbocycles. The first-order chi connectivity index (χ1) is 37.4. The van der Waals surface area contributed by atoms with Gasteiger partial charge in [0.15, 0.2) is 0 Å². The van der Waals surface area contributed by atoms with Crippen molar-refractivity contribution in [1.29, 1.82) is 0 Å². The summed E-state index contributed by atoms with van der Waals surface area (Å²) >= 11 is 7.20. The van der Waals surface area contributed by atoms with Crippen molar-refractivity contribution in [2.24, 2.45) is 11.8 Å². The molecule has 2 aliphatic heterocycles. The Morgan fingerprint density at radius 3 is 1.22 bits per heavy atom. The van der Waals surface area contributed by atoms with Crippen LogP contribution in [-0.2, 0) is 9.59 Å². The lowest BCUT2D eigenvalue weighted by atomic mass is 9.93. The van der Waals surface area contributed by atoms with Crippen LogP contribution in [0.25, 0.3) is 37.4 Å². The van der Waals surface area contributed by atoms with Crippen LogP contribution < -0.4 is 0 Å². The zero-order valence-electron chi connectivity index (χ0n) is 48.3. The molecule has 0 unspecified atom stereocenters. The third kappa shape index (κ3) is 21.2. The van der Waals surface area contributed by atoms with Crippen LogP contribution in [0.15, 0.2) is 71.3 Å². The summed E-state index contributed by atoms with van der Waals surface area (Å²) in [5.41, 5.74) is 2.20. The van der Waals surface area contributed by atoms with Gasteiger partial charge in [0.1, 0.15) is 0 Å². The van der Waals surface area contributed by atoms with E-state index in [1.165, 1.54) is 248 Å². The Morgan fingerprint density at radius 1 is 0.408 bits per heavy atom. The molecular weight excluding hydrogens is 1010 g/mol. The van der Waals surface area contributed by atoms with Crippen LogP contribution in [0.1, 0.15) is 273 Å². The summed E-state index contributed by atoms with van der Waals surface area (Å²) in [6, 6.07) is 17.7. The molecule has 0 fully saturated rings. The minimum Gasteiger partial charge on any atom is -0.314 e. The fraction of sp³-hybridized carbons (Fsp3) is 0.647. The number of amides is 2. The van der Waals surface area contributed by atoms with E-state index >= 15 is 9.59 Å². The minimum atomic E-state index is 0.0507. The molecule has 0 radical (unpaired) electrons. The zero-order chi connectivity index (χ0) is 53.4. The highest BCUT2D eigenvalue weighted by atomic mass is 32.1. The summed E-state index contributed by atoms with van der Waals surface area (Å²) in [6.45, 7) is 10.6. The first-order valence-corrected chi connectivity index (χ1v) is 34.9. The highest BCUT2D eigenvalue weighted by molar-refractivity contribution is 7.23. The molecule has 8 heteroatoms. The van der Waals surface area contributed by atoms with Crippen LogP contribution in [0.2, 0.25) is 0 Å². The van der Waals surface area contributed by atoms with E-state index in [0.29, 0.717) is 29.5 Å². The van der Waals surface area contributed by atoms with Crippen molar-refractivity contribution < 1.29 is 9.59 Å². The molecule has 6 rings (SSSR count). The molecule has 0 saturated carbocycles. The number of carbonyl (C=O) groups is 2. The monoisotopic (exact) mass is 1110 g/mol. The van der Waals surface area contributed by atoms with Crippen molar-refractivity contribution in [3.8, 4) is 19.5 Å². The lowest BCUT2D eigenvalue weighted by Crippen LogP contribution is -2.33. The first-order valence-electron chi connectivity index (χ1n) is 31.5. The number of fused-ring (bicyclic) bond motifs is 1.